The largest absolute Gasteiger partial charge is 0.436 e. The van der Waals surface area contributed by atoms with Gasteiger partial charge in [-0.15, -0.1) is 11.3 Å². The minimum absolute atomic E-state index is 0.298. The average molecular weight is 389 g/mol. The first-order valence-electron chi connectivity index (χ1n) is 9.26. The number of rotatable bonds is 4. The van der Waals surface area contributed by atoms with Gasteiger partial charge in [-0.3, -0.25) is 14.9 Å². The lowest BCUT2D eigenvalue weighted by atomic mass is 10.0. The van der Waals surface area contributed by atoms with Crippen molar-refractivity contribution in [3.8, 4) is 11.6 Å². The minimum Gasteiger partial charge on any atom is -0.436 e. The number of pyridine rings is 1. The Morgan fingerprint density at radius 2 is 2.11 bits per heavy atom. The SMILES string of the molecule is CC(c1ccc2scnc2c1)N1CCc2nc(Oc3cccnc3)cnc2C1. The first-order chi connectivity index (χ1) is 13.8. The summed E-state index contributed by atoms with van der Waals surface area (Å²) in [6.07, 6.45) is 5.94. The highest BCUT2D eigenvalue weighted by Gasteiger charge is 2.24. The van der Waals surface area contributed by atoms with Crippen LogP contribution < -0.4 is 4.74 Å². The molecule has 5 rings (SSSR count). The summed E-state index contributed by atoms with van der Waals surface area (Å²) in [7, 11) is 0. The maximum Gasteiger partial charge on any atom is 0.238 e. The van der Waals surface area contributed by atoms with Gasteiger partial charge in [0.1, 0.15) is 5.75 Å². The Kier molecular flexibility index (Phi) is 4.46. The third-order valence-corrected chi connectivity index (χ3v) is 5.95. The highest BCUT2D eigenvalue weighted by Crippen LogP contribution is 2.30. The molecule has 1 aromatic carbocycles. The van der Waals surface area contributed by atoms with Gasteiger partial charge in [0, 0.05) is 31.7 Å². The second-order valence-corrected chi connectivity index (χ2v) is 7.75. The molecular weight excluding hydrogens is 370 g/mol. The Bertz CT molecular complexity index is 1110. The van der Waals surface area contributed by atoms with Gasteiger partial charge in [0.15, 0.2) is 0 Å². The summed E-state index contributed by atoms with van der Waals surface area (Å²) >= 11 is 1.68. The van der Waals surface area contributed by atoms with Crippen LogP contribution >= 0.6 is 11.3 Å². The summed E-state index contributed by atoms with van der Waals surface area (Å²) in [5.41, 5.74) is 6.29. The van der Waals surface area contributed by atoms with E-state index in [2.05, 4.69) is 50.0 Å². The van der Waals surface area contributed by atoms with Crippen molar-refractivity contribution in [3.05, 3.63) is 71.4 Å². The third-order valence-electron chi connectivity index (χ3n) is 5.14. The zero-order valence-electron chi connectivity index (χ0n) is 15.4. The first kappa shape index (κ1) is 17.2. The van der Waals surface area contributed by atoms with Gasteiger partial charge in [-0.1, -0.05) is 6.07 Å². The fourth-order valence-electron chi connectivity index (χ4n) is 3.54. The van der Waals surface area contributed by atoms with Crippen LogP contribution in [0.25, 0.3) is 10.2 Å². The minimum atomic E-state index is 0.298. The van der Waals surface area contributed by atoms with Crippen molar-refractivity contribution in [1.29, 1.82) is 0 Å². The Labute approximate surface area is 166 Å². The normalized spacial score (nSPS) is 15.3. The molecule has 0 saturated heterocycles. The molecule has 1 atom stereocenters. The van der Waals surface area contributed by atoms with Gasteiger partial charge in [-0.2, -0.15) is 0 Å². The maximum atomic E-state index is 5.77. The molecular formula is C21H19N5OS. The quantitative estimate of drug-likeness (QED) is 0.516. The van der Waals surface area contributed by atoms with E-state index in [1.54, 1.807) is 29.9 Å². The molecule has 0 bridgehead atoms. The van der Waals surface area contributed by atoms with Crippen molar-refractivity contribution < 1.29 is 4.74 Å². The van der Waals surface area contributed by atoms with Crippen LogP contribution in [0, 0.1) is 0 Å². The van der Waals surface area contributed by atoms with Gasteiger partial charge in [-0.05, 0) is 36.8 Å². The highest BCUT2D eigenvalue weighted by atomic mass is 32.1. The number of ether oxygens (including phenoxy) is 1. The van der Waals surface area contributed by atoms with E-state index in [4.69, 9.17) is 4.74 Å². The second-order valence-electron chi connectivity index (χ2n) is 6.87. The summed E-state index contributed by atoms with van der Waals surface area (Å²) in [6.45, 7) is 3.96. The number of fused-ring (bicyclic) bond motifs is 2. The van der Waals surface area contributed by atoms with Crippen LogP contribution in [0.3, 0.4) is 0 Å². The lowest BCUT2D eigenvalue weighted by molar-refractivity contribution is 0.187. The van der Waals surface area contributed by atoms with E-state index in [1.165, 1.54) is 10.3 Å². The molecule has 0 radical (unpaired) electrons. The van der Waals surface area contributed by atoms with E-state index in [-0.39, 0.29) is 0 Å². The lowest BCUT2D eigenvalue weighted by Gasteiger charge is -2.33. The molecule has 0 amide bonds. The molecule has 1 aliphatic heterocycles. The molecule has 0 aliphatic carbocycles. The summed E-state index contributed by atoms with van der Waals surface area (Å²) in [5.74, 6) is 1.18. The maximum absolute atomic E-state index is 5.77. The number of hydrogen-bond donors (Lipinski definition) is 0. The van der Waals surface area contributed by atoms with Crippen LogP contribution in [0.4, 0.5) is 0 Å². The number of benzene rings is 1. The van der Waals surface area contributed by atoms with Crippen molar-refractivity contribution in [1.82, 2.24) is 24.8 Å². The standard InChI is InChI=1S/C21H19N5OS/c1-14(15-4-5-20-18(9-15)24-13-28-20)26-8-6-17-19(12-26)23-11-21(25-17)27-16-3-2-7-22-10-16/h2-5,7,9-11,13-14H,6,8,12H2,1H3. The third kappa shape index (κ3) is 3.34. The molecule has 0 spiro atoms. The zero-order valence-corrected chi connectivity index (χ0v) is 16.3. The molecule has 0 saturated carbocycles. The summed E-state index contributed by atoms with van der Waals surface area (Å²) in [5, 5.41) is 0. The molecule has 1 unspecified atom stereocenters. The van der Waals surface area contributed by atoms with Crippen molar-refractivity contribution >= 4 is 21.6 Å². The van der Waals surface area contributed by atoms with Crippen LogP contribution in [0.2, 0.25) is 0 Å². The van der Waals surface area contributed by atoms with Gasteiger partial charge in [0.25, 0.3) is 0 Å². The fraction of sp³-hybridized carbons (Fsp3) is 0.238. The molecule has 6 nitrogen and oxygen atoms in total. The molecule has 7 heteroatoms. The first-order valence-corrected chi connectivity index (χ1v) is 10.1. The number of thiazole rings is 1. The van der Waals surface area contributed by atoms with E-state index in [1.807, 2.05) is 17.6 Å². The van der Waals surface area contributed by atoms with Crippen molar-refractivity contribution in [2.75, 3.05) is 6.54 Å². The second kappa shape index (κ2) is 7.26. The van der Waals surface area contributed by atoms with Crippen LogP contribution in [-0.2, 0) is 13.0 Å². The molecule has 4 heterocycles. The highest BCUT2D eigenvalue weighted by molar-refractivity contribution is 7.16. The summed E-state index contributed by atoms with van der Waals surface area (Å²) in [6, 6.07) is 10.6. The number of hydrogen-bond acceptors (Lipinski definition) is 7. The van der Waals surface area contributed by atoms with Gasteiger partial charge >= 0.3 is 0 Å². The fourth-order valence-corrected chi connectivity index (χ4v) is 4.20. The van der Waals surface area contributed by atoms with Gasteiger partial charge < -0.3 is 4.74 Å². The van der Waals surface area contributed by atoms with Crippen LogP contribution in [0.1, 0.15) is 29.9 Å². The van der Waals surface area contributed by atoms with Gasteiger partial charge in [0.05, 0.1) is 39.5 Å². The van der Waals surface area contributed by atoms with Crippen LogP contribution in [-0.4, -0.2) is 31.4 Å². The van der Waals surface area contributed by atoms with Crippen LogP contribution in [0.15, 0.2) is 54.4 Å². The van der Waals surface area contributed by atoms with Crippen molar-refractivity contribution in [2.45, 2.75) is 25.9 Å². The van der Waals surface area contributed by atoms with Crippen molar-refractivity contribution in [2.24, 2.45) is 0 Å². The molecule has 140 valence electrons. The Hall–Kier alpha value is -2.90. The Balaban J connectivity index is 1.33. The number of nitrogens with zero attached hydrogens (tertiary/aromatic N) is 5. The number of aromatic nitrogens is 4. The predicted octanol–water partition coefficient (Wildman–Crippen LogP) is 4.39. The predicted molar refractivity (Wildman–Crippen MR) is 108 cm³/mol. The zero-order chi connectivity index (χ0) is 18.9. The van der Waals surface area contributed by atoms with Gasteiger partial charge in [0.2, 0.25) is 5.88 Å². The van der Waals surface area contributed by atoms with E-state index in [0.717, 1.165) is 36.4 Å². The smallest absolute Gasteiger partial charge is 0.238 e. The van der Waals surface area contributed by atoms with E-state index in [9.17, 15) is 0 Å². The topological polar surface area (TPSA) is 64.0 Å². The summed E-state index contributed by atoms with van der Waals surface area (Å²) < 4.78 is 6.99. The lowest BCUT2D eigenvalue weighted by Crippen LogP contribution is -2.34. The van der Waals surface area contributed by atoms with E-state index in [0.29, 0.717) is 17.7 Å². The molecule has 28 heavy (non-hydrogen) atoms. The molecule has 0 fully saturated rings. The van der Waals surface area contributed by atoms with E-state index >= 15 is 0 Å². The van der Waals surface area contributed by atoms with Crippen LogP contribution in [0.5, 0.6) is 11.6 Å². The summed E-state index contributed by atoms with van der Waals surface area (Å²) in [4.78, 5) is 20.2. The molecule has 4 aromatic rings. The molecule has 0 N–H and O–H groups in total. The average Bonchev–Trinajstić information content (AvgIpc) is 3.21. The Morgan fingerprint density at radius 3 is 3.00 bits per heavy atom. The molecule has 3 aromatic heterocycles. The van der Waals surface area contributed by atoms with Crippen molar-refractivity contribution in [3.63, 3.8) is 0 Å². The van der Waals surface area contributed by atoms with Gasteiger partial charge in [-0.25, -0.2) is 9.97 Å². The monoisotopic (exact) mass is 389 g/mol. The Morgan fingerprint density at radius 1 is 1.14 bits per heavy atom. The molecule has 1 aliphatic rings. The van der Waals surface area contributed by atoms with E-state index < -0.39 is 0 Å².